The molecule has 1 saturated heterocycles. The molecule has 3 amide bonds. The van der Waals surface area contributed by atoms with Gasteiger partial charge >= 0.3 is 6.09 Å². The fraction of sp³-hybridized carbons (Fsp3) is 0.423. The molecule has 1 spiro atoms. The highest BCUT2D eigenvalue weighted by Crippen LogP contribution is 2.56. The lowest BCUT2D eigenvalue weighted by molar-refractivity contribution is -0.0848. The minimum atomic E-state index is -0.560. The molecule has 198 valence electrons. The number of hydrogen-bond acceptors (Lipinski definition) is 8. The summed E-state index contributed by atoms with van der Waals surface area (Å²) in [5.41, 5.74) is 7.03. The van der Waals surface area contributed by atoms with Gasteiger partial charge < -0.3 is 30.2 Å². The third-order valence-corrected chi connectivity index (χ3v) is 7.65. The second kappa shape index (κ2) is 9.19. The molecule has 12 nitrogen and oxygen atoms in total. The highest BCUT2D eigenvalue weighted by molar-refractivity contribution is 6.00. The molecule has 12 heteroatoms. The van der Waals surface area contributed by atoms with Crippen LogP contribution in [-0.4, -0.2) is 75.9 Å². The van der Waals surface area contributed by atoms with Gasteiger partial charge in [0.2, 0.25) is 5.88 Å². The number of hydrogen-bond donors (Lipinski definition) is 2. The van der Waals surface area contributed by atoms with Crippen molar-refractivity contribution < 1.29 is 28.6 Å². The van der Waals surface area contributed by atoms with Crippen LogP contribution in [0.5, 0.6) is 11.6 Å². The predicted molar refractivity (Wildman–Crippen MR) is 133 cm³/mol. The maximum Gasteiger partial charge on any atom is 0.409 e. The summed E-state index contributed by atoms with van der Waals surface area (Å²) in [4.78, 5) is 41.7. The van der Waals surface area contributed by atoms with E-state index in [1.807, 2.05) is 6.07 Å². The van der Waals surface area contributed by atoms with Gasteiger partial charge in [-0.2, -0.15) is 5.10 Å². The number of nitrogens with zero attached hydrogens (tertiary/aromatic N) is 4. The lowest BCUT2D eigenvalue weighted by Gasteiger charge is -2.57. The Hall–Kier alpha value is -4.35. The number of fused-ring (bicyclic) bond motifs is 1. The summed E-state index contributed by atoms with van der Waals surface area (Å²) in [6.45, 7) is 0.926. The Bertz CT molecular complexity index is 1400. The van der Waals surface area contributed by atoms with Crippen LogP contribution in [0, 0.1) is 5.41 Å². The second-order valence-corrected chi connectivity index (χ2v) is 10.3. The van der Waals surface area contributed by atoms with Crippen LogP contribution in [0.1, 0.15) is 46.4 Å². The van der Waals surface area contributed by atoms with Crippen LogP contribution in [0.4, 0.5) is 4.79 Å². The van der Waals surface area contributed by atoms with E-state index in [0.717, 1.165) is 25.7 Å². The Morgan fingerprint density at radius 1 is 1.05 bits per heavy atom. The van der Waals surface area contributed by atoms with E-state index in [9.17, 15) is 14.4 Å². The van der Waals surface area contributed by atoms with Gasteiger partial charge in [0, 0.05) is 12.2 Å². The summed E-state index contributed by atoms with van der Waals surface area (Å²) in [7, 11) is 1.35. The maximum atomic E-state index is 13.0. The average Bonchev–Trinajstić information content (AvgIpc) is 3.26. The molecule has 6 rings (SSSR count). The molecule has 3 N–H and O–H groups in total. The van der Waals surface area contributed by atoms with E-state index in [2.05, 4.69) is 15.4 Å². The molecule has 0 radical (unpaired) electrons. The number of primary amides is 1. The molecule has 3 fully saturated rings. The molecular weight excluding hydrogens is 492 g/mol. The van der Waals surface area contributed by atoms with Crippen molar-refractivity contribution in [3.8, 4) is 11.6 Å². The zero-order valence-electron chi connectivity index (χ0n) is 20.8. The number of carbonyl (C=O) groups is 3. The third-order valence-electron chi connectivity index (χ3n) is 7.65. The molecule has 0 aromatic carbocycles. The number of methoxy groups -OCH3 is 1. The van der Waals surface area contributed by atoms with Gasteiger partial charge in [-0.1, -0.05) is 0 Å². The lowest BCUT2D eigenvalue weighted by atomic mass is 9.53. The molecular formula is C26H28N6O6. The van der Waals surface area contributed by atoms with Crippen LogP contribution in [0.3, 0.4) is 0 Å². The number of rotatable bonds is 7. The molecule has 3 aromatic heterocycles. The highest BCUT2D eigenvalue weighted by atomic mass is 16.5. The summed E-state index contributed by atoms with van der Waals surface area (Å²) >= 11 is 0. The molecule has 38 heavy (non-hydrogen) atoms. The van der Waals surface area contributed by atoms with E-state index in [0.29, 0.717) is 29.9 Å². The van der Waals surface area contributed by atoms with Crippen molar-refractivity contribution in [3.05, 3.63) is 54.0 Å². The quantitative estimate of drug-likeness (QED) is 0.479. The monoisotopic (exact) mass is 520 g/mol. The first-order valence-electron chi connectivity index (χ1n) is 12.5. The van der Waals surface area contributed by atoms with E-state index < -0.39 is 5.91 Å². The van der Waals surface area contributed by atoms with Crippen LogP contribution >= 0.6 is 0 Å². The van der Waals surface area contributed by atoms with Crippen molar-refractivity contribution in [2.24, 2.45) is 11.1 Å². The van der Waals surface area contributed by atoms with Crippen molar-refractivity contribution in [3.63, 3.8) is 0 Å². The lowest BCUT2D eigenvalue weighted by Crippen LogP contribution is -2.58. The second-order valence-electron chi connectivity index (χ2n) is 10.3. The van der Waals surface area contributed by atoms with Gasteiger partial charge in [0.25, 0.3) is 11.8 Å². The first-order chi connectivity index (χ1) is 18.3. The number of carbonyl (C=O) groups excluding carboxylic acids is 3. The summed E-state index contributed by atoms with van der Waals surface area (Å²) < 4.78 is 18.1. The zero-order chi connectivity index (χ0) is 26.4. The van der Waals surface area contributed by atoms with Crippen molar-refractivity contribution >= 4 is 23.4 Å². The van der Waals surface area contributed by atoms with Gasteiger partial charge in [0.15, 0.2) is 0 Å². The van der Waals surface area contributed by atoms with E-state index in [1.165, 1.54) is 7.11 Å². The fourth-order valence-electron chi connectivity index (χ4n) is 5.70. The summed E-state index contributed by atoms with van der Waals surface area (Å²) in [5, 5.41) is 7.44. The topological polar surface area (TPSA) is 150 Å². The van der Waals surface area contributed by atoms with Crippen LogP contribution in [0.2, 0.25) is 0 Å². The van der Waals surface area contributed by atoms with Crippen molar-refractivity contribution in [1.29, 1.82) is 0 Å². The summed E-state index contributed by atoms with van der Waals surface area (Å²) in [6, 6.07) is 6.96. The minimum Gasteiger partial charge on any atom is -0.485 e. The molecule has 3 aromatic rings. The van der Waals surface area contributed by atoms with Crippen LogP contribution in [-0.2, 0) is 4.74 Å². The SMILES string of the molecule is COC(=O)N1CC(Oc2ccc3c(C(=O)NC4CC5(C4)CC(Oc4ncccc4C(N)=O)C5)cnn3c2)C1. The molecule has 4 heterocycles. The zero-order valence-corrected chi connectivity index (χ0v) is 20.8. The van der Waals surface area contributed by atoms with E-state index in [-0.39, 0.29) is 47.1 Å². The van der Waals surface area contributed by atoms with Crippen molar-refractivity contribution in [2.45, 2.75) is 43.9 Å². The van der Waals surface area contributed by atoms with Crippen molar-refractivity contribution in [1.82, 2.24) is 24.8 Å². The van der Waals surface area contributed by atoms with Gasteiger partial charge in [0.05, 0.1) is 43.7 Å². The number of nitrogens with one attached hydrogen (secondary N) is 1. The first kappa shape index (κ1) is 24.0. The first-order valence-corrected chi connectivity index (χ1v) is 12.5. The number of ether oxygens (including phenoxy) is 3. The van der Waals surface area contributed by atoms with E-state index >= 15 is 0 Å². The fourth-order valence-corrected chi connectivity index (χ4v) is 5.70. The van der Waals surface area contributed by atoms with Crippen LogP contribution < -0.4 is 20.5 Å². The third kappa shape index (κ3) is 4.35. The molecule has 0 atom stereocenters. The summed E-state index contributed by atoms with van der Waals surface area (Å²) in [5.74, 6) is 0.170. The number of aromatic nitrogens is 3. The molecule has 0 unspecified atom stereocenters. The number of pyridine rings is 2. The Balaban J connectivity index is 0.990. The average molecular weight is 521 g/mol. The summed E-state index contributed by atoms with van der Waals surface area (Å²) in [6.07, 6.45) is 7.84. The molecule has 3 aliphatic rings. The molecule has 2 aliphatic carbocycles. The highest BCUT2D eigenvalue weighted by Gasteiger charge is 2.54. The maximum absolute atomic E-state index is 13.0. The molecule has 1 aliphatic heterocycles. The standard InChI is InChI=1S/C26H28N6O6/c1-36-25(35)31-12-18(13-31)37-16-4-5-21-20(11-29-32(21)14-16)23(34)30-15-7-26(8-15)9-17(10-26)38-24-19(22(27)33)3-2-6-28-24/h2-6,11,14-15,17-18H,7-10,12-13H2,1H3,(H2,27,33)(H,30,34). The van der Waals surface area contributed by atoms with Gasteiger partial charge in [-0.25, -0.2) is 14.3 Å². The number of amides is 3. The normalized spacial score (nSPS) is 24.2. The van der Waals surface area contributed by atoms with E-state index in [1.54, 1.807) is 46.2 Å². The van der Waals surface area contributed by atoms with Gasteiger partial charge in [0.1, 0.15) is 23.5 Å². The van der Waals surface area contributed by atoms with Gasteiger partial charge in [-0.05, 0) is 55.4 Å². The van der Waals surface area contributed by atoms with Crippen LogP contribution in [0.25, 0.3) is 5.52 Å². The Morgan fingerprint density at radius 3 is 2.58 bits per heavy atom. The Morgan fingerprint density at radius 2 is 1.84 bits per heavy atom. The minimum absolute atomic E-state index is 0.0147. The van der Waals surface area contributed by atoms with E-state index in [4.69, 9.17) is 19.9 Å². The Kier molecular flexibility index (Phi) is 5.81. The predicted octanol–water partition coefficient (Wildman–Crippen LogP) is 1.78. The largest absolute Gasteiger partial charge is 0.485 e. The molecule has 2 saturated carbocycles. The van der Waals surface area contributed by atoms with Crippen LogP contribution in [0.15, 0.2) is 42.9 Å². The van der Waals surface area contributed by atoms with Crippen molar-refractivity contribution in [2.75, 3.05) is 20.2 Å². The Labute approximate surface area is 218 Å². The smallest absolute Gasteiger partial charge is 0.409 e. The van der Waals surface area contributed by atoms with Gasteiger partial charge in [-0.3, -0.25) is 9.59 Å². The number of nitrogens with two attached hydrogens (primary N) is 1. The molecule has 0 bridgehead atoms. The van der Waals surface area contributed by atoms with Gasteiger partial charge in [-0.15, -0.1) is 0 Å². The number of likely N-dealkylation sites (tertiary alicyclic amines) is 1.